The van der Waals surface area contributed by atoms with E-state index >= 15 is 0 Å². The Morgan fingerprint density at radius 3 is 2.39 bits per heavy atom. The molecule has 0 aromatic heterocycles. The van der Waals surface area contributed by atoms with Crippen molar-refractivity contribution >= 4 is 5.96 Å². The van der Waals surface area contributed by atoms with Crippen LogP contribution in [0.5, 0.6) is 0 Å². The zero-order valence-electron chi connectivity index (χ0n) is 18.6. The first kappa shape index (κ1) is 22.7. The zero-order chi connectivity index (χ0) is 20.4. The van der Waals surface area contributed by atoms with Crippen molar-refractivity contribution in [1.82, 2.24) is 15.5 Å². The van der Waals surface area contributed by atoms with Gasteiger partial charge >= 0.3 is 0 Å². The van der Waals surface area contributed by atoms with Crippen molar-refractivity contribution in [2.75, 3.05) is 46.9 Å². The van der Waals surface area contributed by atoms with Crippen molar-refractivity contribution in [2.24, 2.45) is 4.99 Å². The van der Waals surface area contributed by atoms with E-state index in [-0.39, 0.29) is 5.54 Å². The highest BCUT2D eigenvalue weighted by molar-refractivity contribution is 5.79. The smallest absolute Gasteiger partial charge is 0.191 e. The Labute approximate surface area is 171 Å². The number of nitrogens with one attached hydrogen (secondary N) is 2. The first-order valence-electron chi connectivity index (χ1n) is 10.8. The second-order valence-electron chi connectivity index (χ2n) is 8.35. The van der Waals surface area contributed by atoms with Gasteiger partial charge < -0.3 is 20.3 Å². The summed E-state index contributed by atoms with van der Waals surface area (Å²) < 4.78 is 5.56. The maximum atomic E-state index is 5.56. The molecule has 2 rings (SSSR count). The van der Waals surface area contributed by atoms with E-state index in [0.29, 0.717) is 5.92 Å². The fourth-order valence-corrected chi connectivity index (χ4v) is 3.63. The molecule has 1 fully saturated rings. The fraction of sp³-hybridized carbons (Fsp3) is 0.696. The van der Waals surface area contributed by atoms with Crippen LogP contribution in [0.15, 0.2) is 29.3 Å². The van der Waals surface area contributed by atoms with Crippen molar-refractivity contribution in [3.05, 3.63) is 35.4 Å². The molecule has 28 heavy (non-hydrogen) atoms. The van der Waals surface area contributed by atoms with Crippen LogP contribution in [0.2, 0.25) is 0 Å². The molecule has 0 amide bonds. The number of guanidine groups is 1. The molecule has 1 aliphatic heterocycles. The van der Waals surface area contributed by atoms with Crippen LogP contribution in [0.4, 0.5) is 0 Å². The van der Waals surface area contributed by atoms with Crippen molar-refractivity contribution < 1.29 is 4.74 Å². The summed E-state index contributed by atoms with van der Waals surface area (Å²) in [7, 11) is 4.32. The molecular weight excluding hydrogens is 348 g/mol. The van der Waals surface area contributed by atoms with Gasteiger partial charge in [-0.05, 0) is 63.7 Å². The number of nitrogens with zero attached hydrogens (tertiary/aromatic N) is 2. The average molecular weight is 389 g/mol. The average Bonchev–Trinajstić information content (AvgIpc) is 2.70. The molecule has 0 unspecified atom stereocenters. The van der Waals surface area contributed by atoms with Gasteiger partial charge in [0.15, 0.2) is 5.96 Å². The van der Waals surface area contributed by atoms with E-state index in [0.717, 1.165) is 64.5 Å². The molecule has 0 radical (unpaired) electrons. The highest BCUT2D eigenvalue weighted by Crippen LogP contribution is 2.26. The lowest BCUT2D eigenvalue weighted by molar-refractivity contribution is -0.00254. The summed E-state index contributed by atoms with van der Waals surface area (Å²) in [4.78, 5) is 7.23. The minimum Gasteiger partial charge on any atom is -0.381 e. The van der Waals surface area contributed by atoms with E-state index in [2.05, 4.69) is 74.7 Å². The van der Waals surface area contributed by atoms with Gasteiger partial charge in [-0.2, -0.15) is 0 Å². The number of aryl methyl sites for hydroxylation is 1. The molecule has 1 aromatic rings. The van der Waals surface area contributed by atoms with Crippen LogP contribution >= 0.6 is 0 Å². The first-order chi connectivity index (χ1) is 13.5. The van der Waals surface area contributed by atoms with E-state index in [1.165, 1.54) is 11.1 Å². The zero-order valence-corrected chi connectivity index (χ0v) is 18.6. The molecule has 2 N–H and O–H groups in total. The molecule has 0 atom stereocenters. The van der Waals surface area contributed by atoms with Crippen LogP contribution in [0.1, 0.15) is 57.1 Å². The van der Waals surface area contributed by atoms with Crippen LogP contribution < -0.4 is 10.6 Å². The maximum Gasteiger partial charge on any atom is 0.191 e. The van der Waals surface area contributed by atoms with Gasteiger partial charge in [0.1, 0.15) is 0 Å². The van der Waals surface area contributed by atoms with Gasteiger partial charge in [-0.15, -0.1) is 0 Å². The van der Waals surface area contributed by atoms with E-state index in [1.807, 2.05) is 0 Å². The number of hydrogen-bond donors (Lipinski definition) is 2. The lowest BCUT2D eigenvalue weighted by atomic mass is 9.89. The lowest BCUT2D eigenvalue weighted by Crippen LogP contribution is -2.51. The second-order valence-corrected chi connectivity index (χ2v) is 8.35. The molecule has 158 valence electrons. The number of rotatable bonds is 9. The van der Waals surface area contributed by atoms with Gasteiger partial charge in [0.25, 0.3) is 0 Å². The molecule has 1 heterocycles. The van der Waals surface area contributed by atoms with Gasteiger partial charge in [0.2, 0.25) is 0 Å². The van der Waals surface area contributed by atoms with Gasteiger partial charge in [-0.3, -0.25) is 4.99 Å². The molecule has 5 heteroatoms. The van der Waals surface area contributed by atoms with E-state index in [4.69, 9.17) is 9.73 Å². The largest absolute Gasteiger partial charge is 0.381 e. The van der Waals surface area contributed by atoms with E-state index < -0.39 is 0 Å². The van der Waals surface area contributed by atoms with Gasteiger partial charge in [-0.1, -0.05) is 38.1 Å². The molecule has 0 aliphatic carbocycles. The molecule has 0 saturated carbocycles. The van der Waals surface area contributed by atoms with E-state index in [1.54, 1.807) is 0 Å². The van der Waals surface area contributed by atoms with Crippen LogP contribution in [-0.4, -0.2) is 63.3 Å². The Morgan fingerprint density at radius 2 is 1.82 bits per heavy atom. The highest BCUT2D eigenvalue weighted by atomic mass is 16.5. The minimum atomic E-state index is 0.110. The standard InChI is InChI=1S/C23H40N4O/c1-6-24-22(26-18-23(27(4)5)13-16-28-17-14-23)25-15-7-8-20-9-11-21(12-10-20)19(2)3/h9-12,19H,6-8,13-18H2,1-5H3,(H2,24,25,26). The molecule has 5 nitrogen and oxygen atoms in total. The predicted molar refractivity (Wildman–Crippen MR) is 119 cm³/mol. The van der Waals surface area contributed by atoms with E-state index in [9.17, 15) is 0 Å². The van der Waals surface area contributed by atoms with Crippen LogP contribution in [-0.2, 0) is 11.2 Å². The van der Waals surface area contributed by atoms with Crippen LogP contribution in [0, 0.1) is 0 Å². The predicted octanol–water partition coefficient (Wildman–Crippen LogP) is 3.41. The molecule has 0 spiro atoms. The topological polar surface area (TPSA) is 48.9 Å². The Kier molecular flexibility index (Phi) is 9.26. The summed E-state index contributed by atoms with van der Waals surface area (Å²) in [5, 5.41) is 6.89. The van der Waals surface area contributed by atoms with Crippen molar-refractivity contribution in [3.8, 4) is 0 Å². The molecule has 1 aromatic carbocycles. The Bertz CT molecular complexity index is 589. The lowest BCUT2D eigenvalue weighted by Gasteiger charge is -2.41. The van der Waals surface area contributed by atoms with Crippen molar-refractivity contribution in [1.29, 1.82) is 0 Å². The summed E-state index contributed by atoms with van der Waals surface area (Å²) in [6.07, 6.45) is 4.26. The Hall–Kier alpha value is -1.59. The molecule has 0 bridgehead atoms. The fourth-order valence-electron chi connectivity index (χ4n) is 3.63. The molecule has 1 saturated heterocycles. The molecular formula is C23H40N4O. The third-order valence-corrected chi connectivity index (χ3v) is 5.83. The number of likely N-dealkylation sites (N-methyl/N-ethyl adjacent to an activating group) is 1. The third-order valence-electron chi connectivity index (χ3n) is 5.83. The number of hydrogen-bond acceptors (Lipinski definition) is 3. The summed E-state index contributed by atoms with van der Waals surface area (Å²) in [6, 6.07) is 9.04. The normalized spacial score (nSPS) is 17.2. The quantitative estimate of drug-likeness (QED) is 0.387. The summed E-state index contributed by atoms with van der Waals surface area (Å²) in [5.74, 6) is 1.51. The van der Waals surface area contributed by atoms with Gasteiger partial charge in [0, 0.05) is 31.8 Å². The number of aliphatic imine (C=N–C) groups is 1. The maximum absolute atomic E-state index is 5.56. The first-order valence-corrected chi connectivity index (χ1v) is 10.8. The Balaban J connectivity index is 1.83. The monoisotopic (exact) mass is 388 g/mol. The highest BCUT2D eigenvalue weighted by Gasteiger charge is 2.34. The van der Waals surface area contributed by atoms with Crippen LogP contribution in [0.25, 0.3) is 0 Å². The number of benzene rings is 1. The number of ether oxygens (including phenoxy) is 1. The summed E-state index contributed by atoms with van der Waals surface area (Å²) in [6.45, 7) is 10.8. The minimum absolute atomic E-state index is 0.110. The SMILES string of the molecule is CCNC(=NCC1(N(C)C)CCOCC1)NCCCc1ccc(C(C)C)cc1. The summed E-state index contributed by atoms with van der Waals surface area (Å²) >= 11 is 0. The van der Waals surface area contributed by atoms with Crippen molar-refractivity contribution in [2.45, 2.75) is 57.9 Å². The van der Waals surface area contributed by atoms with Crippen LogP contribution in [0.3, 0.4) is 0 Å². The third kappa shape index (κ3) is 6.78. The molecule has 1 aliphatic rings. The van der Waals surface area contributed by atoms with Gasteiger partial charge in [-0.25, -0.2) is 0 Å². The second kappa shape index (κ2) is 11.4. The Morgan fingerprint density at radius 1 is 1.14 bits per heavy atom. The van der Waals surface area contributed by atoms with Gasteiger partial charge in [0.05, 0.1) is 6.54 Å². The summed E-state index contributed by atoms with van der Waals surface area (Å²) in [5.41, 5.74) is 2.92. The van der Waals surface area contributed by atoms with Crippen molar-refractivity contribution in [3.63, 3.8) is 0 Å².